The first-order valence-electron chi connectivity index (χ1n) is 10.6. The van der Waals surface area contributed by atoms with E-state index in [-0.39, 0.29) is 27.8 Å². The molecule has 0 bridgehead atoms. The van der Waals surface area contributed by atoms with Crippen molar-refractivity contribution in [2.24, 2.45) is 0 Å². The lowest BCUT2D eigenvalue weighted by Gasteiger charge is -2.26. The van der Waals surface area contributed by atoms with Crippen LogP contribution in [0.5, 0.6) is 0 Å². The molecule has 11 heteroatoms. The molecule has 3 amide bonds. The Morgan fingerprint density at radius 3 is 2.06 bits per heavy atom. The van der Waals surface area contributed by atoms with Crippen LogP contribution < -0.4 is 15.1 Å². The van der Waals surface area contributed by atoms with Gasteiger partial charge in [-0.25, -0.2) is 0 Å². The Labute approximate surface area is 214 Å². The molecular formula is C25H18Cl2F3N3O3. The molecule has 1 atom stereocenters. The molecule has 0 saturated carbocycles. The van der Waals surface area contributed by atoms with Crippen LogP contribution in [0.15, 0.2) is 72.8 Å². The normalized spacial score (nSPS) is 16.0. The third-order valence-electron chi connectivity index (χ3n) is 5.34. The van der Waals surface area contributed by atoms with Crippen LogP contribution in [-0.4, -0.2) is 36.5 Å². The van der Waals surface area contributed by atoms with E-state index in [4.69, 9.17) is 23.2 Å². The van der Waals surface area contributed by atoms with Gasteiger partial charge in [0.2, 0.25) is 5.91 Å². The van der Waals surface area contributed by atoms with Gasteiger partial charge in [0, 0.05) is 15.7 Å². The van der Waals surface area contributed by atoms with Crippen molar-refractivity contribution in [3.8, 4) is 0 Å². The number of carbonyl (C=O) groups excluding carboxylic acids is 3. The van der Waals surface area contributed by atoms with Crippen LogP contribution in [0.4, 0.5) is 30.2 Å². The number of alkyl halides is 3. The first-order valence-corrected chi connectivity index (χ1v) is 11.4. The second-order valence-electron chi connectivity index (χ2n) is 7.99. The van der Waals surface area contributed by atoms with Gasteiger partial charge in [0.25, 0.3) is 11.8 Å². The van der Waals surface area contributed by atoms with Crippen LogP contribution in [0, 0.1) is 0 Å². The molecule has 0 aromatic heterocycles. The zero-order valence-electron chi connectivity index (χ0n) is 18.4. The number of nitrogens with one attached hydrogen (secondary N) is 1. The molecule has 186 valence electrons. The van der Waals surface area contributed by atoms with E-state index in [9.17, 15) is 27.6 Å². The average Bonchev–Trinajstić information content (AvgIpc) is 2.87. The van der Waals surface area contributed by atoms with E-state index in [2.05, 4.69) is 5.32 Å². The van der Waals surface area contributed by atoms with E-state index in [1.54, 1.807) is 36.4 Å². The van der Waals surface area contributed by atoms with E-state index < -0.39 is 36.5 Å². The number of amides is 3. The highest BCUT2D eigenvalue weighted by Crippen LogP contribution is 2.39. The van der Waals surface area contributed by atoms with Gasteiger partial charge in [0.05, 0.1) is 17.8 Å². The van der Waals surface area contributed by atoms with Gasteiger partial charge in [0.15, 0.2) is 6.04 Å². The Morgan fingerprint density at radius 2 is 1.44 bits per heavy atom. The monoisotopic (exact) mass is 535 g/mol. The van der Waals surface area contributed by atoms with Crippen molar-refractivity contribution in [1.29, 1.82) is 0 Å². The highest BCUT2D eigenvalue weighted by Gasteiger charge is 2.45. The molecule has 36 heavy (non-hydrogen) atoms. The molecule has 1 aliphatic rings. The van der Waals surface area contributed by atoms with Gasteiger partial charge in [-0.3, -0.25) is 24.2 Å². The fourth-order valence-electron chi connectivity index (χ4n) is 3.93. The third kappa shape index (κ3) is 5.63. The van der Waals surface area contributed by atoms with Crippen LogP contribution in [0.25, 0.3) is 0 Å². The Hall–Kier alpha value is -3.56. The number of nitrogens with zero attached hydrogens (tertiary/aromatic N) is 2. The molecule has 0 fully saturated rings. The molecule has 1 aliphatic heterocycles. The molecular weight excluding hydrogens is 518 g/mol. The lowest BCUT2D eigenvalue weighted by atomic mass is 10.1. The van der Waals surface area contributed by atoms with E-state index in [0.29, 0.717) is 16.2 Å². The predicted octanol–water partition coefficient (Wildman–Crippen LogP) is 5.29. The molecule has 0 spiro atoms. The van der Waals surface area contributed by atoms with Crippen molar-refractivity contribution in [3.05, 3.63) is 88.4 Å². The maximum absolute atomic E-state index is 13.7. The van der Waals surface area contributed by atoms with Gasteiger partial charge < -0.3 is 5.32 Å². The number of anilines is 3. The van der Waals surface area contributed by atoms with Crippen molar-refractivity contribution < 1.29 is 27.6 Å². The smallest absolute Gasteiger partial charge is 0.336 e. The van der Waals surface area contributed by atoms with E-state index in [0.717, 1.165) is 4.90 Å². The standard InChI is InChI=1S/C25H18Cl2F3N3O3/c26-16-10-15(11-17(27)13-16)12-21(34)31-22-23(35)32(14-25(28,29)30)19-8-4-5-9-20(19)33(24(22)36)18-6-2-1-3-7-18/h1-11,13,22H,12,14H2,(H,31,34). The van der Waals surface area contributed by atoms with Crippen molar-refractivity contribution >= 4 is 58.0 Å². The van der Waals surface area contributed by atoms with Crippen molar-refractivity contribution in [2.45, 2.75) is 18.6 Å². The Morgan fingerprint density at radius 1 is 0.861 bits per heavy atom. The predicted molar refractivity (Wildman–Crippen MR) is 131 cm³/mol. The summed E-state index contributed by atoms with van der Waals surface area (Å²) in [5.74, 6) is -2.88. The fraction of sp³-hybridized carbons (Fsp3) is 0.160. The van der Waals surface area contributed by atoms with Crippen molar-refractivity contribution in [3.63, 3.8) is 0 Å². The molecule has 3 aromatic carbocycles. The minimum Gasteiger partial charge on any atom is -0.336 e. The maximum Gasteiger partial charge on any atom is 0.406 e. The van der Waals surface area contributed by atoms with E-state index in [1.165, 1.54) is 36.4 Å². The van der Waals surface area contributed by atoms with Crippen LogP contribution in [0.1, 0.15) is 5.56 Å². The first kappa shape index (κ1) is 25.5. The number of fused-ring (bicyclic) bond motifs is 1. The summed E-state index contributed by atoms with van der Waals surface area (Å²) in [6.45, 7) is -1.64. The summed E-state index contributed by atoms with van der Waals surface area (Å²) >= 11 is 11.9. The molecule has 1 unspecified atom stereocenters. The van der Waals surface area contributed by atoms with E-state index in [1.807, 2.05) is 0 Å². The van der Waals surface area contributed by atoms with Crippen LogP contribution in [0.3, 0.4) is 0 Å². The summed E-state index contributed by atoms with van der Waals surface area (Å²) in [5.41, 5.74) is 0.673. The van der Waals surface area contributed by atoms with Crippen molar-refractivity contribution in [1.82, 2.24) is 5.32 Å². The molecule has 4 rings (SSSR count). The second kappa shape index (κ2) is 10.2. The van der Waals surface area contributed by atoms with Gasteiger partial charge in [-0.2, -0.15) is 13.2 Å². The van der Waals surface area contributed by atoms with Gasteiger partial charge in [-0.05, 0) is 48.0 Å². The summed E-state index contributed by atoms with van der Waals surface area (Å²) in [6.07, 6.45) is -5.07. The number of para-hydroxylation sites is 3. The number of halogens is 5. The molecule has 0 saturated heterocycles. The quantitative estimate of drug-likeness (QED) is 0.451. The van der Waals surface area contributed by atoms with Crippen LogP contribution in [0.2, 0.25) is 10.0 Å². The summed E-state index contributed by atoms with van der Waals surface area (Å²) < 4.78 is 40.5. The number of hydrogen-bond acceptors (Lipinski definition) is 3. The number of carbonyl (C=O) groups is 3. The van der Waals surface area contributed by atoms with Gasteiger partial charge in [-0.1, -0.05) is 53.5 Å². The second-order valence-corrected chi connectivity index (χ2v) is 8.87. The molecule has 6 nitrogen and oxygen atoms in total. The fourth-order valence-corrected chi connectivity index (χ4v) is 4.50. The highest BCUT2D eigenvalue weighted by molar-refractivity contribution is 6.34. The average molecular weight is 536 g/mol. The Kier molecular flexibility index (Phi) is 7.23. The Bertz CT molecular complexity index is 1300. The summed E-state index contributed by atoms with van der Waals surface area (Å²) in [7, 11) is 0. The first-order chi connectivity index (χ1) is 17.0. The highest BCUT2D eigenvalue weighted by atomic mass is 35.5. The van der Waals surface area contributed by atoms with Crippen LogP contribution in [-0.2, 0) is 20.8 Å². The van der Waals surface area contributed by atoms with E-state index >= 15 is 0 Å². The third-order valence-corrected chi connectivity index (χ3v) is 5.77. The molecule has 0 aliphatic carbocycles. The number of benzene rings is 3. The van der Waals surface area contributed by atoms with Gasteiger partial charge >= 0.3 is 6.18 Å². The molecule has 1 N–H and O–H groups in total. The maximum atomic E-state index is 13.7. The zero-order valence-corrected chi connectivity index (χ0v) is 19.9. The summed E-state index contributed by atoms with van der Waals surface area (Å²) in [4.78, 5) is 41.5. The lowest BCUT2D eigenvalue weighted by Crippen LogP contribution is -2.56. The Balaban J connectivity index is 1.76. The topological polar surface area (TPSA) is 69.7 Å². The number of hydrogen-bond donors (Lipinski definition) is 1. The zero-order chi connectivity index (χ0) is 26.0. The minimum atomic E-state index is -4.76. The van der Waals surface area contributed by atoms with Crippen molar-refractivity contribution in [2.75, 3.05) is 16.3 Å². The molecule has 3 aromatic rings. The minimum absolute atomic E-state index is 0.0738. The lowest BCUT2D eigenvalue weighted by molar-refractivity contribution is -0.138. The number of rotatable bonds is 5. The largest absolute Gasteiger partial charge is 0.406 e. The molecule has 0 radical (unpaired) electrons. The molecule has 1 heterocycles. The summed E-state index contributed by atoms with van der Waals surface area (Å²) in [6, 6.07) is 16.4. The van der Waals surface area contributed by atoms with Gasteiger partial charge in [-0.15, -0.1) is 0 Å². The SMILES string of the molecule is O=C(Cc1cc(Cl)cc(Cl)c1)NC1C(=O)N(CC(F)(F)F)c2ccccc2N(c2ccccc2)C1=O. The van der Waals surface area contributed by atoms with Crippen LogP contribution >= 0.6 is 23.2 Å². The summed E-state index contributed by atoms with van der Waals surface area (Å²) in [5, 5.41) is 2.87. The van der Waals surface area contributed by atoms with Gasteiger partial charge in [0.1, 0.15) is 6.54 Å².